The molecule has 0 N–H and O–H groups in total. The second-order valence-corrected chi connectivity index (χ2v) is 1.56. The lowest BCUT2D eigenvalue weighted by Gasteiger charge is -2.08. The Morgan fingerprint density at radius 2 is 1.43 bits per heavy atom. The summed E-state index contributed by atoms with van der Waals surface area (Å²) >= 11 is 0. The first-order valence-electron chi connectivity index (χ1n) is 2.50. The number of hydrogen-bond donors (Lipinski definition) is 0. The zero-order chi connectivity index (χ0) is 5.91. The van der Waals surface area contributed by atoms with E-state index in [0.29, 0.717) is 0 Å². The molecule has 0 aromatic carbocycles. The number of hydrogen-bond acceptors (Lipinski definition) is 0. The molecule has 0 aromatic rings. The van der Waals surface area contributed by atoms with Gasteiger partial charge < -0.3 is 0 Å². The second-order valence-electron chi connectivity index (χ2n) is 1.56. The third-order valence-electron chi connectivity index (χ3n) is 1.03. The Kier molecular flexibility index (Phi) is 2.20. The van der Waals surface area contributed by atoms with Crippen molar-refractivity contribution in [3.63, 3.8) is 0 Å². The van der Waals surface area contributed by atoms with Crippen molar-refractivity contribution in [2.45, 2.75) is 32.6 Å². The molecule has 2 heteroatoms. The summed E-state index contributed by atoms with van der Waals surface area (Å²) in [7, 11) is 0. The quantitative estimate of drug-likeness (QED) is 0.509. The summed E-state index contributed by atoms with van der Waals surface area (Å²) in [5, 5.41) is 0. The van der Waals surface area contributed by atoms with E-state index >= 15 is 0 Å². The van der Waals surface area contributed by atoms with Crippen LogP contribution in [0.2, 0.25) is 0 Å². The summed E-state index contributed by atoms with van der Waals surface area (Å²) in [5.41, 5.74) is 0. The molecule has 7 heavy (non-hydrogen) atoms. The van der Waals surface area contributed by atoms with Crippen LogP contribution >= 0.6 is 0 Å². The van der Waals surface area contributed by atoms with E-state index in [-0.39, 0.29) is 12.8 Å². The average molecular weight is 108 g/mol. The Morgan fingerprint density at radius 3 is 1.43 bits per heavy atom. The van der Waals surface area contributed by atoms with Gasteiger partial charge in [0, 0.05) is 12.8 Å². The second kappa shape index (κ2) is 2.24. The summed E-state index contributed by atoms with van der Waals surface area (Å²) in [4.78, 5) is 0. The van der Waals surface area contributed by atoms with Gasteiger partial charge in [-0.3, -0.25) is 0 Å². The van der Waals surface area contributed by atoms with Crippen molar-refractivity contribution in [3.8, 4) is 0 Å². The SMILES string of the molecule is CCC(F)(F)CC. The summed E-state index contributed by atoms with van der Waals surface area (Å²) in [6.45, 7) is 2.98. The first-order valence-corrected chi connectivity index (χ1v) is 2.50. The minimum Gasteiger partial charge on any atom is -0.207 e. The van der Waals surface area contributed by atoms with Crippen molar-refractivity contribution in [1.82, 2.24) is 0 Å². The minimum absolute atomic E-state index is 0.0382. The molecule has 44 valence electrons. The highest BCUT2D eigenvalue weighted by Crippen LogP contribution is 2.20. The van der Waals surface area contributed by atoms with Crippen molar-refractivity contribution in [1.29, 1.82) is 0 Å². The molecule has 0 radical (unpaired) electrons. The molecule has 0 saturated heterocycles. The van der Waals surface area contributed by atoms with Gasteiger partial charge in [-0.1, -0.05) is 13.8 Å². The molecule has 0 aliphatic carbocycles. The molecule has 0 aromatic heterocycles. The normalized spacial score (nSPS) is 12.0. The van der Waals surface area contributed by atoms with Crippen LogP contribution in [0.3, 0.4) is 0 Å². The van der Waals surface area contributed by atoms with Gasteiger partial charge in [0.15, 0.2) is 0 Å². The van der Waals surface area contributed by atoms with Crippen LogP contribution in [-0.4, -0.2) is 5.92 Å². The van der Waals surface area contributed by atoms with E-state index in [4.69, 9.17) is 0 Å². The zero-order valence-corrected chi connectivity index (χ0v) is 4.67. The van der Waals surface area contributed by atoms with Crippen LogP contribution in [0.25, 0.3) is 0 Å². The van der Waals surface area contributed by atoms with E-state index < -0.39 is 5.92 Å². The molecule has 0 aliphatic heterocycles. The largest absolute Gasteiger partial charge is 0.247 e. The van der Waals surface area contributed by atoms with Crippen molar-refractivity contribution in [3.05, 3.63) is 0 Å². The highest BCUT2D eigenvalue weighted by Gasteiger charge is 2.21. The number of halogens is 2. The van der Waals surface area contributed by atoms with E-state index in [1.807, 2.05) is 0 Å². The lowest BCUT2D eigenvalue weighted by atomic mass is 10.2. The van der Waals surface area contributed by atoms with Gasteiger partial charge in [-0.2, -0.15) is 0 Å². The average Bonchev–Trinajstić information content (AvgIpc) is 1.68. The highest BCUT2D eigenvalue weighted by atomic mass is 19.3. The van der Waals surface area contributed by atoms with Gasteiger partial charge in [0.25, 0.3) is 0 Å². The number of alkyl halides is 2. The topological polar surface area (TPSA) is 0 Å². The summed E-state index contributed by atoms with van der Waals surface area (Å²) in [6, 6.07) is 0. The van der Waals surface area contributed by atoms with Gasteiger partial charge >= 0.3 is 0 Å². The Bertz CT molecular complexity index is 44.0. The molecule has 0 atom stereocenters. The summed E-state index contributed by atoms with van der Waals surface area (Å²) in [5.74, 6) is -2.42. The summed E-state index contributed by atoms with van der Waals surface area (Å²) in [6.07, 6.45) is -0.0764. The third kappa shape index (κ3) is 2.54. The van der Waals surface area contributed by atoms with Crippen molar-refractivity contribution >= 4 is 0 Å². The molecule has 0 amide bonds. The van der Waals surface area contributed by atoms with E-state index in [1.165, 1.54) is 13.8 Å². The maximum Gasteiger partial charge on any atom is 0.247 e. The van der Waals surface area contributed by atoms with Crippen LogP contribution in [-0.2, 0) is 0 Å². The van der Waals surface area contributed by atoms with Crippen LogP contribution in [0, 0.1) is 0 Å². The molecular formula is C5H10F2. The molecule has 0 rings (SSSR count). The molecule has 0 nitrogen and oxygen atoms in total. The van der Waals surface area contributed by atoms with Gasteiger partial charge in [-0.15, -0.1) is 0 Å². The maximum atomic E-state index is 11.9. The first-order chi connectivity index (χ1) is 3.12. The Morgan fingerprint density at radius 1 is 1.14 bits per heavy atom. The molecule has 0 unspecified atom stereocenters. The fourth-order valence-electron chi connectivity index (χ4n) is 0.250. The van der Waals surface area contributed by atoms with Crippen molar-refractivity contribution < 1.29 is 8.78 Å². The maximum absolute atomic E-state index is 11.9. The van der Waals surface area contributed by atoms with Gasteiger partial charge in [-0.25, -0.2) is 8.78 Å². The molecule has 0 fully saturated rings. The van der Waals surface area contributed by atoms with Crippen molar-refractivity contribution in [2.75, 3.05) is 0 Å². The Balaban J connectivity index is 3.36. The Hall–Kier alpha value is -0.140. The monoisotopic (exact) mass is 108 g/mol. The van der Waals surface area contributed by atoms with E-state index in [2.05, 4.69) is 0 Å². The standard InChI is InChI=1S/C5H10F2/c1-3-5(6,7)4-2/h3-4H2,1-2H3. The third-order valence-corrected chi connectivity index (χ3v) is 1.03. The molecule has 0 aliphatic rings. The fraction of sp³-hybridized carbons (Fsp3) is 1.00. The molecular weight excluding hydrogens is 98.1 g/mol. The van der Waals surface area contributed by atoms with Crippen LogP contribution in [0.5, 0.6) is 0 Å². The molecule has 0 bridgehead atoms. The van der Waals surface area contributed by atoms with Gasteiger partial charge in [-0.05, 0) is 0 Å². The predicted molar refractivity (Wildman–Crippen MR) is 25.5 cm³/mol. The van der Waals surface area contributed by atoms with Crippen LogP contribution < -0.4 is 0 Å². The predicted octanol–water partition coefficient (Wildman–Crippen LogP) is 2.44. The van der Waals surface area contributed by atoms with Gasteiger partial charge in [0.1, 0.15) is 0 Å². The number of rotatable bonds is 2. The lowest BCUT2D eigenvalue weighted by Crippen LogP contribution is -2.10. The first kappa shape index (κ1) is 6.86. The van der Waals surface area contributed by atoms with Crippen LogP contribution in [0.4, 0.5) is 8.78 Å². The Labute approximate surface area is 42.5 Å². The van der Waals surface area contributed by atoms with Crippen LogP contribution in [0.1, 0.15) is 26.7 Å². The van der Waals surface area contributed by atoms with Crippen LogP contribution in [0.15, 0.2) is 0 Å². The summed E-state index contributed by atoms with van der Waals surface area (Å²) < 4.78 is 23.8. The van der Waals surface area contributed by atoms with Crippen molar-refractivity contribution in [2.24, 2.45) is 0 Å². The zero-order valence-electron chi connectivity index (χ0n) is 4.67. The molecule has 0 saturated carbocycles. The smallest absolute Gasteiger partial charge is 0.207 e. The van der Waals surface area contributed by atoms with E-state index in [1.54, 1.807) is 0 Å². The highest BCUT2D eigenvalue weighted by molar-refractivity contribution is 4.57. The lowest BCUT2D eigenvalue weighted by molar-refractivity contribution is -0.00646. The molecule has 0 spiro atoms. The molecule has 0 heterocycles. The minimum atomic E-state index is -2.42. The van der Waals surface area contributed by atoms with E-state index in [0.717, 1.165) is 0 Å². The van der Waals surface area contributed by atoms with Gasteiger partial charge in [0.05, 0.1) is 0 Å². The fourth-order valence-corrected chi connectivity index (χ4v) is 0.250. The van der Waals surface area contributed by atoms with E-state index in [9.17, 15) is 8.78 Å². The van der Waals surface area contributed by atoms with Gasteiger partial charge in [0.2, 0.25) is 5.92 Å².